The minimum atomic E-state index is -0.646. The monoisotopic (exact) mass is 486 g/mol. The topological polar surface area (TPSA) is 49.4 Å². The third kappa shape index (κ3) is 7.38. The predicted octanol–water partition coefficient (Wildman–Crippen LogP) is 5.82. The molecule has 2 rings (SSSR count). The molecule has 162 valence electrons. The van der Waals surface area contributed by atoms with Crippen molar-refractivity contribution in [2.75, 3.05) is 5.75 Å². The SMILES string of the molecule is CC(C)NC(=O)[C@H](C)N(Cc1ccc(Cl)cc1Cl)C(=O)CSCc1ccccc1Cl. The highest BCUT2D eigenvalue weighted by Gasteiger charge is 2.27. The van der Waals surface area contributed by atoms with E-state index in [0.29, 0.717) is 20.8 Å². The normalized spacial score (nSPS) is 12.0. The quantitative estimate of drug-likeness (QED) is 0.485. The molecule has 0 radical (unpaired) electrons. The third-order valence-corrected chi connectivity index (χ3v) is 6.32. The van der Waals surface area contributed by atoms with E-state index < -0.39 is 6.04 Å². The van der Waals surface area contributed by atoms with Gasteiger partial charge in [0.25, 0.3) is 0 Å². The van der Waals surface area contributed by atoms with Crippen LogP contribution in [0.4, 0.5) is 0 Å². The van der Waals surface area contributed by atoms with E-state index in [4.69, 9.17) is 34.8 Å². The van der Waals surface area contributed by atoms with Gasteiger partial charge >= 0.3 is 0 Å². The van der Waals surface area contributed by atoms with Crippen LogP contribution in [-0.4, -0.2) is 34.6 Å². The fourth-order valence-electron chi connectivity index (χ4n) is 2.77. The number of halogens is 3. The largest absolute Gasteiger partial charge is 0.352 e. The van der Waals surface area contributed by atoms with Crippen molar-refractivity contribution in [2.45, 2.75) is 45.2 Å². The van der Waals surface area contributed by atoms with Crippen molar-refractivity contribution in [2.24, 2.45) is 0 Å². The van der Waals surface area contributed by atoms with E-state index in [1.54, 1.807) is 30.0 Å². The Morgan fingerprint density at radius 2 is 1.70 bits per heavy atom. The summed E-state index contributed by atoms with van der Waals surface area (Å²) in [6.07, 6.45) is 0. The summed E-state index contributed by atoms with van der Waals surface area (Å²) in [5.41, 5.74) is 1.70. The predicted molar refractivity (Wildman–Crippen MR) is 127 cm³/mol. The summed E-state index contributed by atoms with van der Waals surface area (Å²) in [6, 6.07) is 12.0. The number of thioether (sulfide) groups is 1. The molecule has 0 saturated carbocycles. The Hall–Kier alpha value is -1.40. The van der Waals surface area contributed by atoms with Crippen molar-refractivity contribution >= 4 is 58.4 Å². The second kappa shape index (κ2) is 11.8. The van der Waals surface area contributed by atoms with Crippen molar-refractivity contribution < 1.29 is 9.59 Å². The van der Waals surface area contributed by atoms with Crippen molar-refractivity contribution in [3.05, 3.63) is 68.7 Å². The molecule has 0 saturated heterocycles. The maximum Gasteiger partial charge on any atom is 0.242 e. The van der Waals surface area contributed by atoms with Crippen molar-refractivity contribution in [1.29, 1.82) is 0 Å². The molecule has 1 atom stereocenters. The van der Waals surface area contributed by atoms with E-state index in [2.05, 4.69) is 5.32 Å². The highest BCUT2D eigenvalue weighted by molar-refractivity contribution is 7.99. The van der Waals surface area contributed by atoms with Gasteiger partial charge in [-0.15, -0.1) is 11.8 Å². The fourth-order valence-corrected chi connectivity index (χ4v) is 4.43. The first-order chi connectivity index (χ1) is 14.2. The average Bonchev–Trinajstić information content (AvgIpc) is 2.67. The van der Waals surface area contributed by atoms with E-state index in [-0.39, 0.29) is 30.2 Å². The summed E-state index contributed by atoms with van der Waals surface area (Å²) >= 11 is 19.9. The fraction of sp³-hybridized carbons (Fsp3) is 0.364. The van der Waals surface area contributed by atoms with Crippen LogP contribution in [0.1, 0.15) is 31.9 Å². The number of amides is 2. The van der Waals surface area contributed by atoms with Gasteiger partial charge in [-0.25, -0.2) is 0 Å². The van der Waals surface area contributed by atoms with Crippen LogP contribution < -0.4 is 5.32 Å². The van der Waals surface area contributed by atoms with Gasteiger partial charge in [0.15, 0.2) is 0 Å². The van der Waals surface area contributed by atoms with Crippen LogP contribution in [-0.2, 0) is 21.9 Å². The zero-order valence-electron chi connectivity index (χ0n) is 17.1. The van der Waals surface area contributed by atoms with Crippen LogP contribution in [0.15, 0.2) is 42.5 Å². The summed E-state index contributed by atoms with van der Waals surface area (Å²) in [7, 11) is 0. The first kappa shape index (κ1) is 24.9. The average molecular weight is 488 g/mol. The van der Waals surface area contributed by atoms with Crippen molar-refractivity contribution in [3.63, 3.8) is 0 Å². The molecule has 0 heterocycles. The lowest BCUT2D eigenvalue weighted by Crippen LogP contribution is -2.49. The van der Waals surface area contributed by atoms with E-state index in [9.17, 15) is 9.59 Å². The number of hydrogen-bond acceptors (Lipinski definition) is 3. The molecule has 1 N–H and O–H groups in total. The van der Waals surface area contributed by atoms with Gasteiger partial charge in [-0.05, 0) is 50.1 Å². The lowest BCUT2D eigenvalue weighted by Gasteiger charge is -2.29. The second-order valence-corrected chi connectivity index (χ2v) is 9.42. The number of carbonyl (C=O) groups excluding carboxylic acids is 2. The molecular weight excluding hydrogens is 463 g/mol. The van der Waals surface area contributed by atoms with Gasteiger partial charge in [0, 0.05) is 33.4 Å². The maximum atomic E-state index is 13.1. The molecule has 0 aromatic heterocycles. The standard InChI is InChI=1S/C22H25Cl3N2O2S/c1-14(2)26-22(29)15(3)27(11-16-8-9-18(23)10-20(16)25)21(28)13-30-12-17-6-4-5-7-19(17)24/h4-10,14-15H,11-13H2,1-3H3,(H,26,29)/t15-/m0/s1. The lowest BCUT2D eigenvalue weighted by atomic mass is 10.1. The maximum absolute atomic E-state index is 13.1. The summed E-state index contributed by atoms with van der Waals surface area (Å²) in [4.78, 5) is 27.2. The molecule has 30 heavy (non-hydrogen) atoms. The van der Waals surface area contributed by atoms with Gasteiger partial charge in [0.2, 0.25) is 11.8 Å². The zero-order chi connectivity index (χ0) is 22.3. The number of benzene rings is 2. The Bertz CT molecular complexity index is 892. The van der Waals surface area contributed by atoms with Gasteiger partial charge in [0.05, 0.1) is 5.75 Å². The molecular formula is C22H25Cl3N2O2S. The molecule has 2 aromatic carbocycles. The summed E-state index contributed by atoms with van der Waals surface area (Å²) in [6.45, 7) is 5.70. The molecule has 2 amide bonds. The molecule has 4 nitrogen and oxygen atoms in total. The highest BCUT2D eigenvalue weighted by Crippen LogP contribution is 2.25. The minimum Gasteiger partial charge on any atom is -0.352 e. The van der Waals surface area contributed by atoms with E-state index >= 15 is 0 Å². The first-order valence-corrected chi connectivity index (χ1v) is 11.8. The van der Waals surface area contributed by atoms with Crippen LogP contribution in [0.5, 0.6) is 0 Å². The van der Waals surface area contributed by atoms with E-state index in [0.717, 1.165) is 11.1 Å². The Balaban J connectivity index is 2.13. The minimum absolute atomic E-state index is 0.0226. The second-order valence-electron chi connectivity index (χ2n) is 7.18. The summed E-state index contributed by atoms with van der Waals surface area (Å²) < 4.78 is 0. The molecule has 2 aromatic rings. The molecule has 0 unspecified atom stereocenters. The van der Waals surface area contributed by atoms with Crippen molar-refractivity contribution in [1.82, 2.24) is 10.2 Å². The van der Waals surface area contributed by atoms with Gasteiger partial charge < -0.3 is 10.2 Å². The van der Waals surface area contributed by atoms with Gasteiger partial charge in [0.1, 0.15) is 6.04 Å². The molecule has 0 fully saturated rings. The number of carbonyl (C=O) groups is 2. The van der Waals surface area contributed by atoms with Crippen LogP contribution in [0.2, 0.25) is 15.1 Å². The van der Waals surface area contributed by atoms with Crippen LogP contribution in [0.3, 0.4) is 0 Å². The van der Waals surface area contributed by atoms with Gasteiger partial charge in [-0.2, -0.15) is 0 Å². The lowest BCUT2D eigenvalue weighted by molar-refractivity contribution is -0.138. The van der Waals surface area contributed by atoms with Gasteiger partial charge in [-0.3, -0.25) is 9.59 Å². The molecule has 0 aliphatic heterocycles. The number of hydrogen-bond donors (Lipinski definition) is 1. The Kier molecular flexibility index (Phi) is 9.82. The smallest absolute Gasteiger partial charge is 0.242 e. The van der Waals surface area contributed by atoms with E-state index in [1.807, 2.05) is 38.1 Å². The van der Waals surface area contributed by atoms with Crippen LogP contribution in [0.25, 0.3) is 0 Å². The molecule has 0 aliphatic rings. The van der Waals surface area contributed by atoms with Crippen molar-refractivity contribution in [3.8, 4) is 0 Å². The van der Waals surface area contributed by atoms with E-state index in [1.165, 1.54) is 11.8 Å². The zero-order valence-corrected chi connectivity index (χ0v) is 20.2. The van der Waals surface area contributed by atoms with Gasteiger partial charge in [-0.1, -0.05) is 59.1 Å². The number of nitrogens with zero attached hydrogens (tertiary/aromatic N) is 1. The molecule has 0 spiro atoms. The molecule has 0 bridgehead atoms. The third-order valence-electron chi connectivity index (χ3n) is 4.39. The summed E-state index contributed by atoms with van der Waals surface area (Å²) in [5.74, 6) is 0.465. The number of rotatable bonds is 9. The van der Waals surface area contributed by atoms with Crippen LogP contribution >= 0.6 is 46.6 Å². The highest BCUT2D eigenvalue weighted by atomic mass is 35.5. The Labute approximate surface area is 197 Å². The Morgan fingerprint density at radius 3 is 2.33 bits per heavy atom. The molecule has 8 heteroatoms. The first-order valence-electron chi connectivity index (χ1n) is 9.54. The number of nitrogens with one attached hydrogen (secondary N) is 1. The van der Waals surface area contributed by atoms with Crippen LogP contribution in [0, 0.1) is 0 Å². The molecule has 0 aliphatic carbocycles. The Morgan fingerprint density at radius 1 is 1.00 bits per heavy atom. The summed E-state index contributed by atoms with van der Waals surface area (Å²) in [5, 5.41) is 4.51.